The van der Waals surface area contributed by atoms with Crippen molar-refractivity contribution < 1.29 is 0 Å². The van der Waals surface area contributed by atoms with E-state index in [0.29, 0.717) is 11.0 Å². The fraction of sp³-hybridized carbons (Fsp3) is 1.00. The summed E-state index contributed by atoms with van der Waals surface area (Å²) in [6.07, 6.45) is 5.42. The third kappa shape index (κ3) is 2.68. The van der Waals surface area contributed by atoms with Gasteiger partial charge in [0.05, 0.1) is 0 Å². The lowest BCUT2D eigenvalue weighted by atomic mass is 9.73. The first kappa shape index (κ1) is 13.4. The minimum Gasteiger partial charge on any atom is -0.317 e. The van der Waals surface area contributed by atoms with Gasteiger partial charge in [0.1, 0.15) is 0 Å². The van der Waals surface area contributed by atoms with Crippen LogP contribution in [0.3, 0.4) is 0 Å². The number of nitrogens with zero attached hydrogens (tertiary/aromatic N) is 1. The highest BCUT2D eigenvalue weighted by Gasteiger charge is 2.42. The molecule has 2 nitrogen and oxygen atoms in total. The van der Waals surface area contributed by atoms with Gasteiger partial charge >= 0.3 is 0 Å². The first-order valence-electron chi connectivity index (χ1n) is 7.42. The van der Waals surface area contributed by atoms with E-state index in [1.54, 1.807) is 0 Å². The van der Waals surface area contributed by atoms with Gasteiger partial charge in [-0.25, -0.2) is 0 Å². The fourth-order valence-electron chi connectivity index (χ4n) is 3.68. The molecule has 0 unspecified atom stereocenters. The average Bonchev–Trinajstić information content (AvgIpc) is 2.29. The van der Waals surface area contributed by atoms with Gasteiger partial charge in [-0.2, -0.15) is 0 Å². The van der Waals surface area contributed by atoms with Crippen LogP contribution in [0.1, 0.15) is 53.4 Å². The molecule has 0 spiro atoms. The van der Waals surface area contributed by atoms with Crippen molar-refractivity contribution in [1.82, 2.24) is 10.2 Å². The molecule has 0 atom stereocenters. The summed E-state index contributed by atoms with van der Waals surface area (Å²) in [6, 6.07) is 0. The number of hydrogen-bond donors (Lipinski definition) is 1. The van der Waals surface area contributed by atoms with Gasteiger partial charge in [-0.1, -0.05) is 27.7 Å². The molecule has 0 aromatic rings. The van der Waals surface area contributed by atoms with E-state index in [9.17, 15) is 0 Å². The predicted octanol–water partition coefficient (Wildman–Crippen LogP) is 2.89. The smallest absolute Gasteiger partial charge is 0.0256 e. The summed E-state index contributed by atoms with van der Waals surface area (Å²) in [6.45, 7) is 14.7. The molecule has 2 rings (SSSR count). The molecule has 0 amide bonds. The van der Waals surface area contributed by atoms with Crippen LogP contribution in [0, 0.1) is 11.3 Å². The number of hydrogen-bond acceptors (Lipinski definition) is 2. The second-order valence-corrected chi connectivity index (χ2v) is 7.16. The molecule has 2 fully saturated rings. The van der Waals surface area contributed by atoms with Crippen molar-refractivity contribution in [3.8, 4) is 0 Å². The number of nitrogens with one attached hydrogen (secondary N) is 1. The SMILES string of the molecule is CC(C)C1(N2CCC(C)(C)CC2)CCNCC1. The zero-order valence-corrected chi connectivity index (χ0v) is 12.2. The van der Waals surface area contributed by atoms with Crippen molar-refractivity contribution in [2.75, 3.05) is 26.2 Å². The number of likely N-dealkylation sites (tertiary alicyclic amines) is 1. The summed E-state index contributed by atoms with van der Waals surface area (Å²) in [4.78, 5) is 2.82. The van der Waals surface area contributed by atoms with E-state index in [1.807, 2.05) is 0 Å². The molecule has 0 aromatic heterocycles. The summed E-state index contributed by atoms with van der Waals surface area (Å²) in [5.41, 5.74) is 1.06. The van der Waals surface area contributed by atoms with Crippen molar-refractivity contribution >= 4 is 0 Å². The Bertz CT molecular complexity index is 242. The first-order chi connectivity index (χ1) is 7.96. The summed E-state index contributed by atoms with van der Waals surface area (Å²) in [5, 5.41) is 3.52. The molecule has 0 radical (unpaired) electrons. The molecule has 17 heavy (non-hydrogen) atoms. The second kappa shape index (κ2) is 4.89. The van der Waals surface area contributed by atoms with E-state index < -0.39 is 0 Å². The van der Waals surface area contributed by atoms with Crippen LogP contribution < -0.4 is 5.32 Å². The van der Waals surface area contributed by atoms with E-state index in [0.717, 1.165) is 5.92 Å². The van der Waals surface area contributed by atoms with Crippen LogP contribution in [0.5, 0.6) is 0 Å². The van der Waals surface area contributed by atoms with Crippen LogP contribution in [-0.2, 0) is 0 Å². The number of rotatable bonds is 2. The molecule has 0 saturated carbocycles. The van der Waals surface area contributed by atoms with Crippen LogP contribution in [0.4, 0.5) is 0 Å². The zero-order chi connectivity index (χ0) is 12.5. The van der Waals surface area contributed by atoms with Gasteiger partial charge in [-0.3, -0.25) is 4.90 Å². The molecular weight excluding hydrogens is 208 g/mol. The predicted molar refractivity (Wildman–Crippen MR) is 74.3 cm³/mol. The summed E-state index contributed by atoms with van der Waals surface area (Å²) in [5.74, 6) is 0.783. The Morgan fingerprint density at radius 3 is 1.94 bits per heavy atom. The van der Waals surface area contributed by atoms with Gasteiger partial charge in [-0.15, -0.1) is 0 Å². The standard InChI is InChI=1S/C15H30N2/c1-13(2)15(5-9-16-10-6-15)17-11-7-14(3,4)8-12-17/h13,16H,5-12H2,1-4H3. The van der Waals surface area contributed by atoms with Gasteiger partial charge in [0.2, 0.25) is 0 Å². The third-order valence-corrected chi connectivity index (χ3v) is 5.29. The van der Waals surface area contributed by atoms with E-state index in [-0.39, 0.29) is 0 Å². The number of piperidine rings is 2. The van der Waals surface area contributed by atoms with Crippen LogP contribution in [0.15, 0.2) is 0 Å². The van der Waals surface area contributed by atoms with Gasteiger partial charge in [0.25, 0.3) is 0 Å². The van der Waals surface area contributed by atoms with Crippen molar-refractivity contribution in [2.24, 2.45) is 11.3 Å². The van der Waals surface area contributed by atoms with Gasteiger partial charge < -0.3 is 5.32 Å². The topological polar surface area (TPSA) is 15.3 Å². The van der Waals surface area contributed by atoms with Crippen molar-refractivity contribution in [3.63, 3.8) is 0 Å². The molecule has 0 bridgehead atoms. The molecule has 1 N–H and O–H groups in total. The second-order valence-electron chi connectivity index (χ2n) is 7.16. The molecule has 100 valence electrons. The Labute approximate surface area is 107 Å². The average molecular weight is 238 g/mol. The van der Waals surface area contributed by atoms with Gasteiger partial charge in [-0.05, 0) is 63.2 Å². The maximum absolute atomic E-state index is 3.52. The summed E-state index contributed by atoms with van der Waals surface area (Å²) in [7, 11) is 0. The van der Waals surface area contributed by atoms with E-state index >= 15 is 0 Å². The normalized spacial score (nSPS) is 29.5. The van der Waals surface area contributed by atoms with E-state index in [2.05, 4.69) is 37.9 Å². The largest absolute Gasteiger partial charge is 0.317 e. The monoisotopic (exact) mass is 238 g/mol. The quantitative estimate of drug-likeness (QED) is 0.796. The van der Waals surface area contributed by atoms with Gasteiger partial charge in [0.15, 0.2) is 0 Å². The van der Waals surface area contributed by atoms with Crippen molar-refractivity contribution in [1.29, 1.82) is 0 Å². The first-order valence-corrected chi connectivity index (χ1v) is 7.42. The Morgan fingerprint density at radius 1 is 0.941 bits per heavy atom. The lowest BCUT2D eigenvalue weighted by molar-refractivity contribution is -0.0212. The maximum Gasteiger partial charge on any atom is 0.0256 e. The van der Waals surface area contributed by atoms with Crippen LogP contribution >= 0.6 is 0 Å². The van der Waals surface area contributed by atoms with Crippen LogP contribution in [-0.4, -0.2) is 36.6 Å². The molecular formula is C15H30N2. The highest BCUT2D eigenvalue weighted by atomic mass is 15.2. The van der Waals surface area contributed by atoms with Gasteiger partial charge in [0, 0.05) is 5.54 Å². The highest BCUT2D eigenvalue weighted by Crippen LogP contribution is 2.39. The highest BCUT2D eigenvalue weighted by molar-refractivity contribution is 4.99. The Hall–Kier alpha value is -0.0800. The zero-order valence-electron chi connectivity index (χ0n) is 12.2. The van der Waals surface area contributed by atoms with Crippen molar-refractivity contribution in [3.05, 3.63) is 0 Å². The maximum atomic E-state index is 3.52. The molecule has 2 aliphatic rings. The van der Waals surface area contributed by atoms with Crippen LogP contribution in [0.2, 0.25) is 0 Å². The van der Waals surface area contributed by atoms with E-state index in [1.165, 1.54) is 51.9 Å². The summed E-state index contributed by atoms with van der Waals surface area (Å²) >= 11 is 0. The molecule has 2 saturated heterocycles. The molecule has 2 aliphatic heterocycles. The molecule has 2 heteroatoms. The minimum absolute atomic E-state index is 0.488. The molecule has 2 heterocycles. The Morgan fingerprint density at radius 2 is 1.47 bits per heavy atom. The molecule has 0 aromatic carbocycles. The fourth-order valence-corrected chi connectivity index (χ4v) is 3.68. The van der Waals surface area contributed by atoms with Crippen molar-refractivity contribution in [2.45, 2.75) is 58.9 Å². The lowest BCUT2D eigenvalue weighted by Gasteiger charge is -2.53. The van der Waals surface area contributed by atoms with E-state index in [4.69, 9.17) is 0 Å². The minimum atomic E-state index is 0.488. The lowest BCUT2D eigenvalue weighted by Crippen LogP contribution is -2.60. The third-order valence-electron chi connectivity index (χ3n) is 5.29. The summed E-state index contributed by atoms with van der Waals surface area (Å²) < 4.78 is 0. The Kier molecular flexibility index (Phi) is 3.84. The Balaban J connectivity index is 2.07. The van der Waals surface area contributed by atoms with Crippen LogP contribution in [0.25, 0.3) is 0 Å². The molecule has 0 aliphatic carbocycles.